The average molecular weight is 422 g/mol. The molecule has 1 amide bonds. The summed E-state index contributed by atoms with van der Waals surface area (Å²) in [5.41, 5.74) is 2.02. The van der Waals surface area contributed by atoms with Crippen LogP contribution in [0.4, 0.5) is 0 Å². The first-order chi connectivity index (χ1) is 14.7. The van der Waals surface area contributed by atoms with Gasteiger partial charge >= 0.3 is 0 Å². The molecule has 3 heterocycles. The van der Waals surface area contributed by atoms with Crippen molar-refractivity contribution in [3.8, 4) is 11.4 Å². The van der Waals surface area contributed by atoms with Crippen LogP contribution < -0.4 is 5.32 Å². The maximum atomic E-state index is 12.4. The second-order valence-electron chi connectivity index (χ2n) is 7.70. The van der Waals surface area contributed by atoms with Crippen LogP contribution in [-0.4, -0.2) is 37.5 Å². The average Bonchev–Trinajstić information content (AvgIpc) is 3.14. The number of nitrogens with zero attached hydrogens (tertiary/aromatic N) is 3. The third kappa shape index (κ3) is 3.87. The number of H-pyrrole nitrogens is 1. The number of carbonyl (C=O) groups excluding carboxylic acids is 1. The molecule has 8 heteroatoms. The van der Waals surface area contributed by atoms with Gasteiger partial charge in [-0.3, -0.25) is 9.36 Å². The minimum Gasteiger partial charge on any atom is -0.467 e. The number of nitrogens with one attached hydrogen (secondary N) is 2. The summed E-state index contributed by atoms with van der Waals surface area (Å²) in [7, 11) is 0. The summed E-state index contributed by atoms with van der Waals surface area (Å²) < 4.78 is 7.57. The largest absolute Gasteiger partial charge is 0.467 e. The van der Waals surface area contributed by atoms with Crippen LogP contribution in [-0.2, 0) is 11.3 Å². The number of fused-ring (bicyclic) bond motifs is 1. The number of aromatic amines is 1. The first-order valence-electron chi connectivity index (χ1n) is 10.1. The molecule has 3 aromatic heterocycles. The van der Waals surface area contributed by atoms with Gasteiger partial charge in [0.15, 0.2) is 11.0 Å². The van der Waals surface area contributed by atoms with Crippen molar-refractivity contribution in [3.63, 3.8) is 0 Å². The monoisotopic (exact) mass is 421 g/mol. The summed E-state index contributed by atoms with van der Waals surface area (Å²) in [6.07, 6.45) is 6.02. The second kappa shape index (κ2) is 8.02. The number of thioether (sulfide) groups is 1. The molecule has 7 nitrogen and oxygen atoms in total. The Morgan fingerprint density at radius 2 is 2.17 bits per heavy atom. The van der Waals surface area contributed by atoms with Crippen LogP contribution in [0.5, 0.6) is 0 Å². The van der Waals surface area contributed by atoms with Gasteiger partial charge in [0.05, 0.1) is 18.6 Å². The van der Waals surface area contributed by atoms with E-state index < -0.39 is 0 Å². The van der Waals surface area contributed by atoms with Crippen molar-refractivity contribution in [1.82, 2.24) is 25.1 Å². The number of hydrogen-bond acceptors (Lipinski definition) is 5. The van der Waals surface area contributed by atoms with Gasteiger partial charge in [0.2, 0.25) is 5.91 Å². The minimum absolute atomic E-state index is 0.0283. The lowest BCUT2D eigenvalue weighted by molar-refractivity contribution is -0.119. The smallest absolute Gasteiger partial charge is 0.230 e. The van der Waals surface area contributed by atoms with Gasteiger partial charge in [-0.25, -0.2) is 0 Å². The number of benzene rings is 1. The normalized spacial score (nSPS) is 14.8. The van der Waals surface area contributed by atoms with Gasteiger partial charge in [0.25, 0.3) is 0 Å². The van der Waals surface area contributed by atoms with E-state index in [9.17, 15) is 4.79 Å². The van der Waals surface area contributed by atoms with Crippen LogP contribution in [0.15, 0.2) is 58.4 Å². The summed E-state index contributed by atoms with van der Waals surface area (Å²) >= 11 is 1.40. The van der Waals surface area contributed by atoms with Gasteiger partial charge in [-0.1, -0.05) is 30.0 Å². The highest BCUT2D eigenvalue weighted by molar-refractivity contribution is 7.99. The van der Waals surface area contributed by atoms with Crippen molar-refractivity contribution in [2.45, 2.75) is 37.5 Å². The molecule has 1 aromatic carbocycles. The number of aromatic nitrogens is 4. The number of carbonyl (C=O) groups is 1. The standard InChI is InChI=1S/C22H23N5O2S/c1-14(15-8-9-15)24-20(28)13-30-22-26-25-21(27(22)12-16-5-4-10-29-16)18-11-23-19-7-3-2-6-17(18)19/h2-7,10-11,14-15,23H,8-9,12-13H2,1H3,(H,24,28)/t14-/m0/s1. The van der Waals surface area contributed by atoms with Gasteiger partial charge in [-0.2, -0.15) is 0 Å². The Hall–Kier alpha value is -3.00. The Morgan fingerprint density at radius 1 is 1.30 bits per heavy atom. The summed E-state index contributed by atoms with van der Waals surface area (Å²) in [6, 6.07) is 12.1. The Kier molecular flexibility index (Phi) is 5.08. The lowest BCUT2D eigenvalue weighted by Gasteiger charge is -2.12. The fourth-order valence-corrected chi connectivity index (χ4v) is 4.44. The van der Waals surface area contributed by atoms with E-state index in [1.165, 1.54) is 24.6 Å². The van der Waals surface area contributed by atoms with Crippen molar-refractivity contribution < 1.29 is 9.21 Å². The van der Waals surface area contributed by atoms with Gasteiger partial charge in [-0.05, 0) is 43.9 Å². The molecule has 1 aliphatic rings. The molecular formula is C22H23N5O2S. The quantitative estimate of drug-likeness (QED) is 0.419. The SMILES string of the molecule is C[C@H](NC(=O)CSc1nnc(-c2c[nH]c3ccccc23)n1Cc1ccco1)C1CC1. The molecule has 0 unspecified atom stereocenters. The molecule has 2 N–H and O–H groups in total. The molecule has 1 saturated carbocycles. The number of furan rings is 1. The van der Waals surface area contributed by atoms with Crippen molar-refractivity contribution in [3.05, 3.63) is 54.6 Å². The highest BCUT2D eigenvalue weighted by Crippen LogP contribution is 2.33. The Balaban J connectivity index is 1.41. The van der Waals surface area contributed by atoms with Crippen LogP contribution >= 0.6 is 11.8 Å². The summed E-state index contributed by atoms with van der Waals surface area (Å²) in [5.74, 6) is 2.53. The van der Waals surface area contributed by atoms with E-state index in [-0.39, 0.29) is 11.9 Å². The maximum absolute atomic E-state index is 12.4. The van der Waals surface area contributed by atoms with E-state index in [2.05, 4.69) is 33.5 Å². The predicted octanol–water partition coefficient (Wildman–Crippen LogP) is 4.07. The van der Waals surface area contributed by atoms with E-state index in [1.54, 1.807) is 6.26 Å². The van der Waals surface area contributed by atoms with Crippen LogP contribution in [0.2, 0.25) is 0 Å². The zero-order valence-corrected chi connectivity index (χ0v) is 17.5. The Bertz CT molecular complexity index is 1160. The lowest BCUT2D eigenvalue weighted by atomic mass is 10.1. The fourth-order valence-electron chi connectivity index (χ4n) is 3.69. The maximum Gasteiger partial charge on any atom is 0.230 e. The first-order valence-corrected chi connectivity index (χ1v) is 11.1. The molecule has 0 aliphatic heterocycles. The first kappa shape index (κ1) is 19.0. The van der Waals surface area contributed by atoms with Crippen molar-refractivity contribution >= 4 is 28.6 Å². The molecule has 0 bridgehead atoms. The van der Waals surface area contributed by atoms with Gasteiger partial charge in [-0.15, -0.1) is 10.2 Å². The molecule has 1 fully saturated rings. The topological polar surface area (TPSA) is 88.7 Å². The Labute approximate surface area is 178 Å². The lowest BCUT2D eigenvalue weighted by Crippen LogP contribution is -2.35. The van der Waals surface area contributed by atoms with E-state index in [0.717, 1.165) is 28.1 Å². The van der Waals surface area contributed by atoms with E-state index >= 15 is 0 Å². The molecule has 0 saturated heterocycles. The van der Waals surface area contributed by atoms with Gasteiger partial charge < -0.3 is 14.7 Å². The summed E-state index contributed by atoms with van der Waals surface area (Å²) in [6.45, 7) is 2.58. The molecule has 154 valence electrons. The van der Waals surface area contributed by atoms with E-state index in [0.29, 0.717) is 23.4 Å². The molecule has 1 aliphatic carbocycles. The molecule has 1 atom stereocenters. The van der Waals surface area contributed by atoms with Crippen LogP contribution in [0, 0.1) is 5.92 Å². The van der Waals surface area contributed by atoms with Gasteiger partial charge in [0, 0.05) is 28.7 Å². The third-order valence-electron chi connectivity index (χ3n) is 5.49. The number of hydrogen-bond donors (Lipinski definition) is 2. The van der Waals surface area contributed by atoms with Crippen molar-refractivity contribution in [2.75, 3.05) is 5.75 Å². The molecular weight excluding hydrogens is 398 g/mol. The van der Waals surface area contributed by atoms with Crippen molar-refractivity contribution in [2.24, 2.45) is 5.92 Å². The number of rotatable bonds is 8. The predicted molar refractivity (Wildman–Crippen MR) is 116 cm³/mol. The molecule has 0 spiro atoms. The number of para-hydroxylation sites is 1. The van der Waals surface area contributed by atoms with E-state index in [1.807, 2.05) is 41.1 Å². The van der Waals surface area contributed by atoms with Crippen LogP contribution in [0.3, 0.4) is 0 Å². The van der Waals surface area contributed by atoms with Crippen LogP contribution in [0.25, 0.3) is 22.3 Å². The number of amides is 1. The highest BCUT2D eigenvalue weighted by Gasteiger charge is 2.29. The molecule has 5 rings (SSSR count). The molecule has 30 heavy (non-hydrogen) atoms. The van der Waals surface area contributed by atoms with E-state index in [4.69, 9.17) is 4.42 Å². The molecule has 0 radical (unpaired) electrons. The second-order valence-corrected chi connectivity index (χ2v) is 8.64. The zero-order valence-electron chi connectivity index (χ0n) is 16.7. The van der Waals surface area contributed by atoms with Crippen molar-refractivity contribution in [1.29, 1.82) is 0 Å². The summed E-state index contributed by atoms with van der Waals surface area (Å²) in [4.78, 5) is 15.7. The van der Waals surface area contributed by atoms with Gasteiger partial charge in [0.1, 0.15) is 5.76 Å². The third-order valence-corrected chi connectivity index (χ3v) is 6.46. The minimum atomic E-state index is 0.0283. The Morgan fingerprint density at radius 3 is 2.97 bits per heavy atom. The summed E-state index contributed by atoms with van der Waals surface area (Å²) in [5, 5.41) is 13.7. The fraction of sp³-hybridized carbons (Fsp3) is 0.318. The zero-order chi connectivity index (χ0) is 20.5. The van der Waals surface area contributed by atoms with Crippen LogP contribution in [0.1, 0.15) is 25.5 Å². The molecule has 4 aromatic rings. The highest BCUT2D eigenvalue weighted by atomic mass is 32.2.